The van der Waals surface area contributed by atoms with Crippen molar-refractivity contribution in [1.29, 1.82) is 0 Å². The molecule has 0 aromatic heterocycles. The molecule has 7 nitrogen and oxygen atoms in total. The predicted octanol–water partition coefficient (Wildman–Crippen LogP) is 2.05. The Morgan fingerprint density at radius 3 is 2.62 bits per heavy atom. The number of benzene rings is 1. The number of carbonyl (C=O) groups excluding carboxylic acids is 1. The molecular formula is C22H34N4O3. The van der Waals surface area contributed by atoms with Gasteiger partial charge in [0.2, 0.25) is 0 Å². The van der Waals surface area contributed by atoms with E-state index in [2.05, 4.69) is 34.3 Å². The molecule has 2 unspecified atom stereocenters. The Kier molecular flexibility index (Phi) is 8.31. The van der Waals surface area contributed by atoms with Crippen LogP contribution in [-0.2, 0) is 14.3 Å². The molecule has 160 valence electrons. The molecule has 1 N–H and O–H groups in total. The zero-order valence-electron chi connectivity index (χ0n) is 17.7. The van der Waals surface area contributed by atoms with E-state index in [1.54, 1.807) is 7.05 Å². The summed E-state index contributed by atoms with van der Waals surface area (Å²) in [6.45, 7) is 7.32. The molecule has 2 atom stereocenters. The maximum Gasteiger partial charge on any atom is 0.251 e. The molecule has 2 aliphatic rings. The van der Waals surface area contributed by atoms with Crippen molar-refractivity contribution in [2.45, 2.75) is 38.4 Å². The number of nitrogens with zero attached hydrogens (tertiary/aromatic N) is 3. The van der Waals surface area contributed by atoms with Gasteiger partial charge in [0.1, 0.15) is 6.10 Å². The number of amides is 1. The Bertz CT molecular complexity index is 653. The number of rotatable bonds is 7. The Hall–Kier alpha value is -2.12. The molecule has 0 radical (unpaired) electrons. The molecule has 1 aromatic rings. The second-order valence-corrected chi connectivity index (χ2v) is 7.57. The van der Waals surface area contributed by atoms with E-state index in [0.29, 0.717) is 13.2 Å². The van der Waals surface area contributed by atoms with Gasteiger partial charge in [-0.3, -0.25) is 9.79 Å². The lowest BCUT2D eigenvalue weighted by atomic mass is 10.1. The van der Waals surface area contributed by atoms with Gasteiger partial charge in [-0.1, -0.05) is 30.3 Å². The molecule has 2 aliphatic heterocycles. The van der Waals surface area contributed by atoms with Gasteiger partial charge in [0.05, 0.1) is 6.10 Å². The SMILES string of the molecule is CN=C(NCCCOC(C)c1ccccc1)N1CCN(C(=O)C2CCCO2)CC1. The van der Waals surface area contributed by atoms with Crippen LogP contribution in [0.1, 0.15) is 37.9 Å². The van der Waals surface area contributed by atoms with E-state index in [1.807, 2.05) is 23.1 Å². The maximum atomic E-state index is 12.5. The molecule has 0 bridgehead atoms. The summed E-state index contributed by atoms with van der Waals surface area (Å²) in [5.74, 6) is 1.04. The smallest absolute Gasteiger partial charge is 0.251 e. The first kappa shape index (κ1) is 21.6. The topological polar surface area (TPSA) is 66.4 Å². The zero-order chi connectivity index (χ0) is 20.5. The van der Waals surface area contributed by atoms with Crippen LogP contribution in [0.5, 0.6) is 0 Å². The molecule has 2 heterocycles. The van der Waals surface area contributed by atoms with Crippen LogP contribution in [0.4, 0.5) is 0 Å². The normalized spacial score (nSPS) is 21.3. The maximum absolute atomic E-state index is 12.5. The van der Waals surface area contributed by atoms with Crippen LogP contribution in [0, 0.1) is 0 Å². The summed E-state index contributed by atoms with van der Waals surface area (Å²) in [5.41, 5.74) is 1.20. The summed E-state index contributed by atoms with van der Waals surface area (Å²) < 4.78 is 11.5. The van der Waals surface area contributed by atoms with Crippen LogP contribution < -0.4 is 5.32 Å². The third-order valence-corrected chi connectivity index (χ3v) is 5.55. The third-order valence-electron chi connectivity index (χ3n) is 5.55. The van der Waals surface area contributed by atoms with Gasteiger partial charge >= 0.3 is 0 Å². The van der Waals surface area contributed by atoms with Gasteiger partial charge in [0.25, 0.3) is 5.91 Å². The van der Waals surface area contributed by atoms with Crippen LogP contribution in [0.3, 0.4) is 0 Å². The first-order valence-electron chi connectivity index (χ1n) is 10.7. The first-order valence-corrected chi connectivity index (χ1v) is 10.7. The van der Waals surface area contributed by atoms with Crippen LogP contribution in [0.25, 0.3) is 0 Å². The fraction of sp³-hybridized carbons (Fsp3) is 0.636. The molecule has 2 saturated heterocycles. The quantitative estimate of drug-likeness (QED) is 0.430. The second-order valence-electron chi connectivity index (χ2n) is 7.57. The number of guanidine groups is 1. The highest BCUT2D eigenvalue weighted by atomic mass is 16.5. The second kappa shape index (κ2) is 11.2. The molecule has 7 heteroatoms. The van der Waals surface area contributed by atoms with Gasteiger partial charge in [-0.05, 0) is 31.7 Å². The predicted molar refractivity (Wildman–Crippen MR) is 114 cm³/mol. The Balaban J connectivity index is 1.33. The van der Waals surface area contributed by atoms with Crippen molar-refractivity contribution < 1.29 is 14.3 Å². The van der Waals surface area contributed by atoms with Gasteiger partial charge in [-0.15, -0.1) is 0 Å². The van der Waals surface area contributed by atoms with Crippen LogP contribution >= 0.6 is 0 Å². The van der Waals surface area contributed by atoms with Crippen molar-refractivity contribution in [3.05, 3.63) is 35.9 Å². The van der Waals surface area contributed by atoms with E-state index < -0.39 is 0 Å². The van der Waals surface area contributed by atoms with Crippen molar-refractivity contribution in [3.63, 3.8) is 0 Å². The largest absolute Gasteiger partial charge is 0.374 e. The lowest BCUT2D eigenvalue weighted by molar-refractivity contribution is -0.142. The zero-order valence-corrected chi connectivity index (χ0v) is 17.7. The Morgan fingerprint density at radius 2 is 1.97 bits per heavy atom. The average Bonchev–Trinajstić information content (AvgIpc) is 3.31. The lowest BCUT2D eigenvalue weighted by Crippen LogP contribution is -2.55. The minimum absolute atomic E-state index is 0.102. The minimum Gasteiger partial charge on any atom is -0.374 e. The standard InChI is InChI=1S/C22H34N4O3/c1-18(19-8-4-3-5-9-19)28-17-7-11-24-22(23-2)26-14-12-25(13-15-26)21(27)20-10-6-16-29-20/h3-5,8-9,18,20H,6-7,10-17H2,1-2H3,(H,23,24). The molecule has 0 saturated carbocycles. The van der Waals surface area contributed by atoms with Crippen molar-refractivity contribution in [2.24, 2.45) is 4.99 Å². The van der Waals surface area contributed by atoms with Gasteiger partial charge in [0, 0.05) is 53.0 Å². The highest BCUT2D eigenvalue weighted by Gasteiger charge is 2.30. The first-order chi connectivity index (χ1) is 14.2. The summed E-state index contributed by atoms with van der Waals surface area (Å²) in [6, 6.07) is 10.3. The van der Waals surface area contributed by atoms with E-state index in [1.165, 1.54) is 5.56 Å². The molecule has 29 heavy (non-hydrogen) atoms. The minimum atomic E-state index is -0.225. The summed E-state index contributed by atoms with van der Waals surface area (Å²) in [7, 11) is 1.81. The van der Waals surface area contributed by atoms with Gasteiger partial charge in [0.15, 0.2) is 5.96 Å². The number of ether oxygens (including phenoxy) is 2. The van der Waals surface area contributed by atoms with Crippen LogP contribution in [0.15, 0.2) is 35.3 Å². The average molecular weight is 403 g/mol. The van der Waals surface area contributed by atoms with E-state index >= 15 is 0 Å². The molecular weight excluding hydrogens is 368 g/mol. The number of nitrogens with one attached hydrogen (secondary N) is 1. The van der Waals surface area contributed by atoms with Gasteiger partial charge < -0.3 is 24.6 Å². The summed E-state index contributed by atoms with van der Waals surface area (Å²) in [5, 5.41) is 3.42. The molecule has 0 aliphatic carbocycles. The van der Waals surface area contributed by atoms with E-state index in [4.69, 9.17) is 9.47 Å². The Morgan fingerprint density at radius 1 is 1.24 bits per heavy atom. The van der Waals surface area contributed by atoms with E-state index in [0.717, 1.165) is 57.9 Å². The van der Waals surface area contributed by atoms with E-state index in [9.17, 15) is 4.79 Å². The molecule has 1 amide bonds. The van der Waals surface area contributed by atoms with Crippen molar-refractivity contribution in [2.75, 3.05) is 53.0 Å². The number of hydrogen-bond donors (Lipinski definition) is 1. The van der Waals surface area contributed by atoms with Crippen molar-refractivity contribution >= 4 is 11.9 Å². The summed E-state index contributed by atoms with van der Waals surface area (Å²) in [6.07, 6.45) is 2.63. The molecule has 2 fully saturated rings. The summed E-state index contributed by atoms with van der Waals surface area (Å²) >= 11 is 0. The Labute approximate surface area is 174 Å². The lowest BCUT2D eigenvalue weighted by Gasteiger charge is -2.37. The number of hydrogen-bond acceptors (Lipinski definition) is 4. The number of carbonyl (C=O) groups is 1. The molecule has 3 rings (SSSR count). The molecule has 0 spiro atoms. The van der Waals surface area contributed by atoms with Crippen molar-refractivity contribution in [3.8, 4) is 0 Å². The van der Waals surface area contributed by atoms with Crippen LogP contribution in [-0.4, -0.2) is 80.8 Å². The van der Waals surface area contributed by atoms with Crippen LogP contribution in [0.2, 0.25) is 0 Å². The monoisotopic (exact) mass is 402 g/mol. The highest BCUT2D eigenvalue weighted by molar-refractivity contribution is 5.82. The number of aliphatic imine (C=N–C) groups is 1. The van der Waals surface area contributed by atoms with Gasteiger partial charge in [-0.2, -0.15) is 0 Å². The molecule has 1 aromatic carbocycles. The highest BCUT2D eigenvalue weighted by Crippen LogP contribution is 2.17. The van der Waals surface area contributed by atoms with Crippen molar-refractivity contribution in [1.82, 2.24) is 15.1 Å². The summed E-state index contributed by atoms with van der Waals surface area (Å²) in [4.78, 5) is 21.0. The number of piperazine rings is 1. The van der Waals surface area contributed by atoms with E-state index in [-0.39, 0.29) is 18.1 Å². The fourth-order valence-corrected chi connectivity index (χ4v) is 3.80. The third kappa shape index (κ3) is 6.18. The van der Waals surface area contributed by atoms with Gasteiger partial charge in [-0.25, -0.2) is 0 Å². The fourth-order valence-electron chi connectivity index (χ4n) is 3.80.